The highest BCUT2D eigenvalue weighted by Gasteiger charge is 2.21. The molecule has 0 spiro atoms. The maximum absolute atomic E-state index is 5.35. The first-order chi connectivity index (χ1) is 27.3. The molecule has 5 nitrogen and oxygen atoms in total. The predicted molar refractivity (Wildman–Crippen MR) is 225 cm³/mol. The maximum Gasteiger partial charge on any atom is 0.160 e. The molecule has 0 amide bonds. The zero-order valence-corrected chi connectivity index (χ0v) is 29.8. The standard InChI is InChI=1S/C50H33N5/c1-5-17-34(18-6-1)43-33-44(35-19-7-2-8-20-35)52-50(51-43)40-26-16-24-38(32-40)37-23-15-25-39(31-37)46-48-47(54-49(53-46)36-21-9-3-10-22-36)42-29-13-14-30-45(42)55(48)41-27-11-4-12-28-41/h1-33H. The molecule has 3 heterocycles. The van der Waals surface area contributed by atoms with Crippen molar-refractivity contribution in [2.24, 2.45) is 0 Å². The van der Waals surface area contributed by atoms with Crippen molar-refractivity contribution >= 4 is 21.9 Å². The average molecular weight is 704 g/mol. The summed E-state index contributed by atoms with van der Waals surface area (Å²) in [5, 5.41) is 1.08. The van der Waals surface area contributed by atoms with Crippen LogP contribution in [0.4, 0.5) is 0 Å². The van der Waals surface area contributed by atoms with Gasteiger partial charge in [-0.3, -0.25) is 0 Å². The minimum Gasteiger partial charge on any atom is -0.306 e. The van der Waals surface area contributed by atoms with Crippen LogP contribution in [-0.2, 0) is 0 Å². The Morgan fingerprint density at radius 1 is 0.327 bits per heavy atom. The molecule has 5 heteroatoms. The third-order valence-electron chi connectivity index (χ3n) is 10.0. The monoisotopic (exact) mass is 703 g/mol. The molecule has 0 saturated heterocycles. The molecule has 0 aliphatic rings. The fraction of sp³-hybridized carbons (Fsp3) is 0. The van der Waals surface area contributed by atoms with Gasteiger partial charge in [-0.15, -0.1) is 0 Å². The van der Waals surface area contributed by atoms with Crippen molar-refractivity contribution in [2.75, 3.05) is 0 Å². The fourth-order valence-corrected chi connectivity index (χ4v) is 7.38. The van der Waals surface area contributed by atoms with Crippen LogP contribution in [0.1, 0.15) is 0 Å². The molecule has 0 aliphatic carbocycles. The lowest BCUT2D eigenvalue weighted by Crippen LogP contribution is -2.00. The van der Waals surface area contributed by atoms with Gasteiger partial charge in [0.15, 0.2) is 11.6 Å². The van der Waals surface area contributed by atoms with Crippen LogP contribution in [0.5, 0.6) is 0 Å². The second-order valence-corrected chi connectivity index (χ2v) is 13.5. The summed E-state index contributed by atoms with van der Waals surface area (Å²) >= 11 is 0. The van der Waals surface area contributed by atoms with E-state index in [1.54, 1.807) is 0 Å². The third-order valence-corrected chi connectivity index (χ3v) is 10.0. The van der Waals surface area contributed by atoms with Crippen LogP contribution in [0.15, 0.2) is 200 Å². The molecule has 10 rings (SSSR count). The summed E-state index contributed by atoms with van der Waals surface area (Å²) in [6.07, 6.45) is 0. The first-order valence-corrected chi connectivity index (χ1v) is 18.4. The Morgan fingerprint density at radius 2 is 0.800 bits per heavy atom. The molecular weight excluding hydrogens is 671 g/mol. The highest BCUT2D eigenvalue weighted by molar-refractivity contribution is 6.11. The van der Waals surface area contributed by atoms with E-state index in [9.17, 15) is 0 Å². The lowest BCUT2D eigenvalue weighted by molar-refractivity contribution is 1.15. The molecule has 7 aromatic carbocycles. The molecule has 3 aromatic heterocycles. The Balaban J connectivity index is 1.15. The van der Waals surface area contributed by atoms with Crippen LogP contribution in [-0.4, -0.2) is 24.5 Å². The van der Waals surface area contributed by atoms with E-state index >= 15 is 0 Å². The molecule has 10 aromatic rings. The van der Waals surface area contributed by atoms with Gasteiger partial charge in [0.2, 0.25) is 0 Å². The summed E-state index contributed by atoms with van der Waals surface area (Å²) in [5.41, 5.74) is 13.8. The molecule has 0 N–H and O–H groups in total. The number of benzene rings is 7. The Hall–Kier alpha value is -7.50. The van der Waals surface area contributed by atoms with Crippen molar-refractivity contribution in [3.05, 3.63) is 200 Å². The Labute approximate surface area is 318 Å². The van der Waals surface area contributed by atoms with E-state index < -0.39 is 0 Å². The summed E-state index contributed by atoms with van der Waals surface area (Å²) in [5.74, 6) is 1.37. The summed E-state index contributed by atoms with van der Waals surface area (Å²) in [4.78, 5) is 20.8. The minimum absolute atomic E-state index is 0.676. The van der Waals surface area contributed by atoms with Crippen molar-refractivity contribution in [1.82, 2.24) is 24.5 Å². The molecule has 0 radical (unpaired) electrons. The number of aromatic nitrogens is 5. The summed E-state index contributed by atoms with van der Waals surface area (Å²) in [6, 6.07) is 69.0. The number of fused-ring (bicyclic) bond motifs is 3. The van der Waals surface area contributed by atoms with Gasteiger partial charge in [0.25, 0.3) is 0 Å². The van der Waals surface area contributed by atoms with Crippen molar-refractivity contribution in [3.63, 3.8) is 0 Å². The van der Waals surface area contributed by atoms with E-state index in [2.05, 4.69) is 144 Å². The number of hydrogen-bond acceptors (Lipinski definition) is 4. The van der Waals surface area contributed by atoms with E-state index in [1.165, 1.54) is 0 Å². The van der Waals surface area contributed by atoms with Crippen LogP contribution < -0.4 is 0 Å². The first kappa shape index (κ1) is 32.2. The van der Waals surface area contributed by atoms with Crippen LogP contribution in [0.2, 0.25) is 0 Å². The van der Waals surface area contributed by atoms with Crippen molar-refractivity contribution in [3.8, 4) is 73.4 Å². The zero-order valence-electron chi connectivity index (χ0n) is 29.8. The molecule has 258 valence electrons. The second-order valence-electron chi connectivity index (χ2n) is 13.5. The first-order valence-electron chi connectivity index (χ1n) is 18.4. The largest absolute Gasteiger partial charge is 0.306 e. The van der Waals surface area contributed by atoms with Crippen LogP contribution in [0.3, 0.4) is 0 Å². The van der Waals surface area contributed by atoms with Crippen molar-refractivity contribution < 1.29 is 0 Å². The van der Waals surface area contributed by atoms with Crippen LogP contribution in [0.25, 0.3) is 95.3 Å². The fourth-order valence-electron chi connectivity index (χ4n) is 7.38. The van der Waals surface area contributed by atoms with Gasteiger partial charge >= 0.3 is 0 Å². The highest BCUT2D eigenvalue weighted by Crippen LogP contribution is 2.39. The summed E-state index contributed by atoms with van der Waals surface area (Å²) in [7, 11) is 0. The molecular formula is C50H33N5. The van der Waals surface area contributed by atoms with E-state index in [1.807, 2.05) is 60.7 Å². The number of rotatable bonds is 7. The van der Waals surface area contributed by atoms with Gasteiger partial charge in [-0.1, -0.05) is 164 Å². The van der Waals surface area contributed by atoms with Gasteiger partial charge in [0, 0.05) is 38.9 Å². The van der Waals surface area contributed by atoms with Crippen LogP contribution >= 0.6 is 0 Å². The normalized spacial score (nSPS) is 11.3. The Kier molecular flexibility index (Phi) is 8.08. The SMILES string of the molecule is c1ccc(-c2cc(-c3ccccc3)nc(-c3cccc(-c4cccc(-c5nc(-c6ccccc6)nc6c7ccccc7n(-c7ccccc7)c56)c4)c3)n2)cc1. The zero-order chi connectivity index (χ0) is 36.6. The van der Waals surface area contributed by atoms with Gasteiger partial charge in [-0.25, -0.2) is 19.9 Å². The number of nitrogens with zero attached hydrogens (tertiary/aromatic N) is 5. The maximum atomic E-state index is 5.35. The van der Waals surface area contributed by atoms with Gasteiger partial charge in [0.1, 0.15) is 5.52 Å². The van der Waals surface area contributed by atoms with Gasteiger partial charge < -0.3 is 4.57 Å². The van der Waals surface area contributed by atoms with Crippen LogP contribution in [0, 0.1) is 0 Å². The number of para-hydroxylation sites is 2. The highest BCUT2D eigenvalue weighted by atomic mass is 15.0. The van der Waals surface area contributed by atoms with E-state index in [-0.39, 0.29) is 0 Å². The molecule has 0 saturated carbocycles. The van der Waals surface area contributed by atoms with E-state index in [4.69, 9.17) is 19.9 Å². The lowest BCUT2D eigenvalue weighted by Gasteiger charge is -2.13. The Bertz CT molecular complexity index is 2900. The summed E-state index contributed by atoms with van der Waals surface area (Å²) < 4.78 is 2.30. The molecule has 55 heavy (non-hydrogen) atoms. The number of hydrogen-bond donors (Lipinski definition) is 0. The van der Waals surface area contributed by atoms with Gasteiger partial charge in [0.05, 0.1) is 28.1 Å². The molecule has 0 aliphatic heterocycles. The molecule has 0 fully saturated rings. The van der Waals surface area contributed by atoms with Gasteiger partial charge in [-0.2, -0.15) is 0 Å². The van der Waals surface area contributed by atoms with Gasteiger partial charge in [-0.05, 0) is 47.5 Å². The Morgan fingerprint density at radius 3 is 1.44 bits per heavy atom. The van der Waals surface area contributed by atoms with E-state index in [0.717, 1.165) is 83.6 Å². The predicted octanol–water partition coefficient (Wildman–Crippen LogP) is 12.4. The average Bonchev–Trinajstić information content (AvgIpc) is 3.61. The molecule has 0 unspecified atom stereocenters. The van der Waals surface area contributed by atoms with Crippen molar-refractivity contribution in [2.45, 2.75) is 0 Å². The lowest BCUT2D eigenvalue weighted by atomic mass is 9.99. The minimum atomic E-state index is 0.676. The molecule has 0 atom stereocenters. The second kappa shape index (κ2) is 13.8. The topological polar surface area (TPSA) is 56.5 Å². The summed E-state index contributed by atoms with van der Waals surface area (Å²) in [6.45, 7) is 0. The van der Waals surface area contributed by atoms with Crippen molar-refractivity contribution in [1.29, 1.82) is 0 Å². The molecule has 0 bridgehead atoms. The smallest absolute Gasteiger partial charge is 0.160 e. The van der Waals surface area contributed by atoms with E-state index in [0.29, 0.717) is 11.6 Å². The quantitative estimate of drug-likeness (QED) is 0.166. The third kappa shape index (κ3) is 6.04.